The van der Waals surface area contributed by atoms with Gasteiger partial charge in [0, 0.05) is 25.3 Å². The minimum absolute atomic E-state index is 0.162. The fraction of sp³-hybridized carbons (Fsp3) is 0.667. The van der Waals surface area contributed by atoms with Gasteiger partial charge >= 0.3 is 0 Å². The molecule has 0 saturated heterocycles. The Morgan fingerprint density at radius 1 is 1.32 bits per heavy atom. The molecule has 1 aromatic heterocycles. The molecule has 2 N–H and O–H groups in total. The highest BCUT2D eigenvalue weighted by Gasteiger charge is 2.10. The molecule has 0 saturated carbocycles. The zero-order chi connectivity index (χ0) is 14.1. The molecule has 0 aliphatic carbocycles. The van der Waals surface area contributed by atoms with Gasteiger partial charge in [-0.05, 0) is 44.0 Å². The largest absolute Gasteiger partial charge is 0.395 e. The number of rotatable bonds is 9. The number of aliphatic hydroxyl groups excluding tert-OH is 1. The normalized spacial score (nSPS) is 12.4. The second-order valence-electron chi connectivity index (χ2n) is 4.83. The lowest BCUT2D eigenvalue weighted by Gasteiger charge is -2.23. The van der Waals surface area contributed by atoms with Crippen molar-refractivity contribution in [2.24, 2.45) is 0 Å². The number of nitrogens with one attached hydrogen (secondary N) is 1. The van der Waals surface area contributed by atoms with Crippen LogP contribution in [0.15, 0.2) is 18.3 Å². The number of aliphatic hydroxyl groups is 1. The summed E-state index contributed by atoms with van der Waals surface area (Å²) in [6.45, 7) is 9.23. The van der Waals surface area contributed by atoms with E-state index in [1.54, 1.807) is 0 Å². The lowest BCUT2D eigenvalue weighted by atomic mass is 10.1. The first kappa shape index (κ1) is 15.9. The van der Waals surface area contributed by atoms with Gasteiger partial charge in [-0.3, -0.25) is 0 Å². The topological polar surface area (TPSA) is 48.4 Å². The van der Waals surface area contributed by atoms with Gasteiger partial charge in [0.2, 0.25) is 0 Å². The number of aromatic nitrogens is 1. The first-order chi connectivity index (χ1) is 9.22. The summed E-state index contributed by atoms with van der Waals surface area (Å²) in [6, 6.07) is 4.51. The minimum atomic E-state index is 0.162. The van der Waals surface area contributed by atoms with Crippen LogP contribution in [-0.4, -0.2) is 36.3 Å². The predicted octanol–water partition coefficient (Wildman–Crippen LogP) is 2.35. The summed E-state index contributed by atoms with van der Waals surface area (Å²) in [5.41, 5.74) is 1.25. The number of hydrogen-bond donors (Lipinski definition) is 2. The van der Waals surface area contributed by atoms with E-state index in [0.29, 0.717) is 12.6 Å². The molecule has 108 valence electrons. The van der Waals surface area contributed by atoms with Crippen molar-refractivity contribution < 1.29 is 5.11 Å². The molecule has 1 aromatic rings. The lowest BCUT2D eigenvalue weighted by molar-refractivity contribution is 0.301. The Morgan fingerprint density at radius 3 is 2.74 bits per heavy atom. The van der Waals surface area contributed by atoms with E-state index < -0.39 is 0 Å². The summed E-state index contributed by atoms with van der Waals surface area (Å²) in [5, 5.41) is 12.6. The van der Waals surface area contributed by atoms with Crippen LogP contribution in [0.4, 0.5) is 5.82 Å². The molecule has 0 spiro atoms. The minimum Gasteiger partial charge on any atom is -0.395 e. The molecule has 4 nitrogen and oxygen atoms in total. The molecule has 1 rings (SSSR count). The van der Waals surface area contributed by atoms with E-state index in [0.717, 1.165) is 31.7 Å². The SMILES string of the molecule is CCCNC(C)c1ccnc(N(CCC)CCO)c1. The van der Waals surface area contributed by atoms with E-state index in [9.17, 15) is 0 Å². The smallest absolute Gasteiger partial charge is 0.128 e. The summed E-state index contributed by atoms with van der Waals surface area (Å²) in [4.78, 5) is 6.56. The Hall–Kier alpha value is -1.13. The number of nitrogens with zero attached hydrogens (tertiary/aromatic N) is 2. The molecule has 0 fully saturated rings. The van der Waals surface area contributed by atoms with Gasteiger partial charge in [0.15, 0.2) is 0 Å². The third-order valence-corrected chi connectivity index (χ3v) is 3.16. The average molecular weight is 265 g/mol. The van der Waals surface area contributed by atoms with Crippen molar-refractivity contribution in [1.29, 1.82) is 0 Å². The molecular weight excluding hydrogens is 238 g/mol. The monoisotopic (exact) mass is 265 g/mol. The second-order valence-corrected chi connectivity index (χ2v) is 4.83. The van der Waals surface area contributed by atoms with Crippen LogP contribution >= 0.6 is 0 Å². The molecule has 0 radical (unpaired) electrons. The van der Waals surface area contributed by atoms with Crippen LogP contribution in [0, 0.1) is 0 Å². The average Bonchev–Trinajstić information content (AvgIpc) is 2.44. The van der Waals surface area contributed by atoms with Crippen molar-refractivity contribution in [3.63, 3.8) is 0 Å². The highest BCUT2D eigenvalue weighted by Crippen LogP contribution is 2.18. The molecule has 1 unspecified atom stereocenters. The number of anilines is 1. The third kappa shape index (κ3) is 5.17. The standard InChI is InChI=1S/C15H27N3O/c1-4-7-16-13(3)14-6-8-17-15(12-14)18(9-5-2)10-11-19/h6,8,12-13,16,19H,4-5,7,9-11H2,1-3H3. The number of hydrogen-bond acceptors (Lipinski definition) is 4. The van der Waals surface area contributed by atoms with E-state index in [1.165, 1.54) is 5.56 Å². The van der Waals surface area contributed by atoms with Crippen molar-refractivity contribution in [3.8, 4) is 0 Å². The van der Waals surface area contributed by atoms with E-state index in [-0.39, 0.29) is 6.61 Å². The number of pyridine rings is 1. The van der Waals surface area contributed by atoms with Crippen LogP contribution in [0.25, 0.3) is 0 Å². The highest BCUT2D eigenvalue weighted by molar-refractivity contribution is 5.41. The zero-order valence-corrected chi connectivity index (χ0v) is 12.4. The summed E-state index contributed by atoms with van der Waals surface area (Å²) in [5.74, 6) is 0.957. The predicted molar refractivity (Wildman–Crippen MR) is 80.5 cm³/mol. The van der Waals surface area contributed by atoms with Crippen molar-refractivity contribution in [2.45, 2.75) is 39.7 Å². The van der Waals surface area contributed by atoms with Gasteiger partial charge in [-0.2, -0.15) is 0 Å². The first-order valence-corrected chi connectivity index (χ1v) is 7.28. The van der Waals surface area contributed by atoms with Gasteiger partial charge in [-0.15, -0.1) is 0 Å². The van der Waals surface area contributed by atoms with Crippen molar-refractivity contribution >= 4 is 5.82 Å². The molecule has 0 aliphatic rings. The second kappa shape index (κ2) is 8.88. The van der Waals surface area contributed by atoms with E-state index >= 15 is 0 Å². The van der Waals surface area contributed by atoms with Crippen molar-refractivity contribution in [3.05, 3.63) is 23.9 Å². The molecule has 1 heterocycles. The third-order valence-electron chi connectivity index (χ3n) is 3.16. The first-order valence-electron chi connectivity index (χ1n) is 7.28. The molecule has 0 bridgehead atoms. The Labute approximate surface area is 116 Å². The maximum absolute atomic E-state index is 9.14. The molecule has 4 heteroatoms. The summed E-state index contributed by atoms with van der Waals surface area (Å²) in [7, 11) is 0. The highest BCUT2D eigenvalue weighted by atomic mass is 16.3. The molecule has 0 aliphatic heterocycles. The van der Waals surface area contributed by atoms with Crippen LogP contribution in [-0.2, 0) is 0 Å². The Balaban J connectivity index is 2.78. The quantitative estimate of drug-likeness (QED) is 0.719. The van der Waals surface area contributed by atoms with Crippen molar-refractivity contribution in [1.82, 2.24) is 10.3 Å². The van der Waals surface area contributed by atoms with Crippen LogP contribution < -0.4 is 10.2 Å². The van der Waals surface area contributed by atoms with E-state index in [1.807, 2.05) is 6.20 Å². The van der Waals surface area contributed by atoms with Crippen LogP contribution in [0.5, 0.6) is 0 Å². The van der Waals surface area contributed by atoms with Crippen LogP contribution in [0.2, 0.25) is 0 Å². The zero-order valence-electron chi connectivity index (χ0n) is 12.4. The summed E-state index contributed by atoms with van der Waals surface area (Å²) >= 11 is 0. The fourth-order valence-corrected chi connectivity index (χ4v) is 2.09. The van der Waals surface area contributed by atoms with Gasteiger partial charge in [0.05, 0.1) is 6.61 Å². The molecule has 19 heavy (non-hydrogen) atoms. The maximum atomic E-state index is 9.14. The Morgan fingerprint density at radius 2 is 2.11 bits per heavy atom. The van der Waals surface area contributed by atoms with E-state index in [2.05, 4.69) is 48.1 Å². The summed E-state index contributed by atoms with van der Waals surface area (Å²) < 4.78 is 0. The Bertz CT molecular complexity index is 351. The van der Waals surface area contributed by atoms with Gasteiger partial charge in [-0.25, -0.2) is 4.98 Å². The van der Waals surface area contributed by atoms with E-state index in [4.69, 9.17) is 5.11 Å². The molecule has 1 atom stereocenters. The molecule has 0 amide bonds. The lowest BCUT2D eigenvalue weighted by Crippen LogP contribution is -2.28. The summed E-state index contributed by atoms with van der Waals surface area (Å²) in [6.07, 6.45) is 4.04. The molecular formula is C15H27N3O. The van der Waals surface area contributed by atoms with Gasteiger partial charge < -0.3 is 15.3 Å². The van der Waals surface area contributed by atoms with Gasteiger partial charge in [0.25, 0.3) is 0 Å². The van der Waals surface area contributed by atoms with Crippen LogP contribution in [0.3, 0.4) is 0 Å². The van der Waals surface area contributed by atoms with Crippen molar-refractivity contribution in [2.75, 3.05) is 31.1 Å². The van der Waals surface area contributed by atoms with Gasteiger partial charge in [0.1, 0.15) is 5.82 Å². The van der Waals surface area contributed by atoms with Gasteiger partial charge in [-0.1, -0.05) is 13.8 Å². The fourth-order valence-electron chi connectivity index (χ4n) is 2.09. The maximum Gasteiger partial charge on any atom is 0.128 e. The van der Waals surface area contributed by atoms with Crippen LogP contribution in [0.1, 0.15) is 45.2 Å². The Kier molecular flexibility index (Phi) is 7.45. The molecule has 0 aromatic carbocycles.